The fourth-order valence-corrected chi connectivity index (χ4v) is 4.16. The molecule has 1 aliphatic rings. The molecule has 3 rings (SSSR count). The molecule has 2 aromatic carbocycles. The number of hydrogen-bond donors (Lipinski definition) is 0. The highest BCUT2D eigenvalue weighted by Crippen LogP contribution is 2.55. The Morgan fingerprint density at radius 3 is 2.28 bits per heavy atom. The van der Waals surface area contributed by atoms with Crippen molar-refractivity contribution in [1.82, 2.24) is 4.90 Å². The summed E-state index contributed by atoms with van der Waals surface area (Å²) in [5, 5.41) is 0.505. The molecule has 0 N–H and O–H groups in total. The molecule has 154 valence electrons. The number of carbonyl (C=O) groups is 2. The van der Waals surface area contributed by atoms with E-state index in [4.69, 9.17) is 21.1 Å². The molecule has 29 heavy (non-hydrogen) atoms. The third-order valence-corrected chi connectivity index (χ3v) is 5.62. The van der Waals surface area contributed by atoms with Crippen LogP contribution in [0.1, 0.15) is 51.3 Å². The van der Waals surface area contributed by atoms with Crippen molar-refractivity contribution < 1.29 is 19.1 Å². The van der Waals surface area contributed by atoms with Crippen molar-refractivity contribution >= 4 is 23.6 Å². The van der Waals surface area contributed by atoms with Gasteiger partial charge in [-0.25, -0.2) is 9.69 Å². The van der Waals surface area contributed by atoms with E-state index < -0.39 is 23.2 Å². The SMILES string of the molecule is CC[C@@]1(c2ccc(OC)cc2)C(=O)N(C(=O)OC(C)(C)C)[C@@H]1c1ccccc1Cl. The zero-order valence-electron chi connectivity index (χ0n) is 17.4. The van der Waals surface area contributed by atoms with Gasteiger partial charge in [0.15, 0.2) is 0 Å². The third kappa shape index (κ3) is 3.60. The molecular formula is C23H26ClNO4. The van der Waals surface area contributed by atoms with E-state index in [1.807, 2.05) is 49.4 Å². The van der Waals surface area contributed by atoms with Gasteiger partial charge in [-0.05, 0) is 56.5 Å². The summed E-state index contributed by atoms with van der Waals surface area (Å²) in [5.41, 5.74) is -0.0888. The molecule has 2 amide bonds. The van der Waals surface area contributed by atoms with Gasteiger partial charge in [0.2, 0.25) is 5.91 Å². The van der Waals surface area contributed by atoms with E-state index in [9.17, 15) is 9.59 Å². The van der Waals surface area contributed by atoms with Gasteiger partial charge in [-0.1, -0.05) is 48.9 Å². The van der Waals surface area contributed by atoms with Gasteiger partial charge in [0.05, 0.1) is 18.6 Å². The maximum Gasteiger partial charge on any atom is 0.417 e. The highest BCUT2D eigenvalue weighted by molar-refractivity contribution is 6.31. The van der Waals surface area contributed by atoms with Crippen LogP contribution in [0.4, 0.5) is 4.79 Å². The minimum atomic E-state index is -0.909. The molecule has 1 heterocycles. The first-order valence-electron chi connectivity index (χ1n) is 9.61. The molecule has 0 bridgehead atoms. The van der Waals surface area contributed by atoms with Crippen LogP contribution in [0.3, 0.4) is 0 Å². The van der Waals surface area contributed by atoms with E-state index in [0.717, 1.165) is 11.1 Å². The maximum atomic E-state index is 13.4. The van der Waals surface area contributed by atoms with Crippen molar-refractivity contribution in [2.45, 2.75) is 51.2 Å². The predicted molar refractivity (Wildman–Crippen MR) is 112 cm³/mol. The maximum absolute atomic E-state index is 13.4. The van der Waals surface area contributed by atoms with Gasteiger partial charge < -0.3 is 9.47 Å². The Bertz CT molecular complexity index is 919. The van der Waals surface area contributed by atoms with Gasteiger partial charge in [0, 0.05) is 5.02 Å². The molecule has 0 unspecified atom stereocenters. The van der Waals surface area contributed by atoms with Crippen molar-refractivity contribution in [3.05, 3.63) is 64.7 Å². The Balaban J connectivity index is 2.13. The van der Waals surface area contributed by atoms with Gasteiger partial charge in [0.25, 0.3) is 0 Å². The molecular weight excluding hydrogens is 390 g/mol. The first kappa shape index (κ1) is 21.2. The molecule has 0 aromatic heterocycles. The number of benzene rings is 2. The number of carbonyl (C=O) groups excluding carboxylic acids is 2. The molecule has 0 saturated carbocycles. The molecule has 5 nitrogen and oxygen atoms in total. The summed E-state index contributed by atoms with van der Waals surface area (Å²) in [6.07, 6.45) is -0.155. The Labute approximate surface area is 176 Å². The molecule has 2 atom stereocenters. The molecule has 6 heteroatoms. The Hall–Kier alpha value is -2.53. The third-order valence-electron chi connectivity index (χ3n) is 5.28. The molecule has 2 aromatic rings. The molecule has 0 radical (unpaired) electrons. The number of hydrogen-bond acceptors (Lipinski definition) is 4. The zero-order chi connectivity index (χ0) is 21.4. The Kier molecular flexibility index (Phi) is 5.63. The van der Waals surface area contributed by atoms with Crippen molar-refractivity contribution in [2.75, 3.05) is 7.11 Å². The van der Waals surface area contributed by atoms with E-state index in [2.05, 4.69) is 0 Å². The number of ether oxygens (including phenoxy) is 2. The summed E-state index contributed by atoms with van der Waals surface area (Å²) >= 11 is 6.49. The second-order valence-corrected chi connectivity index (χ2v) is 8.54. The zero-order valence-corrected chi connectivity index (χ0v) is 18.1. The van der Waals surface area contributed by atoms with Gasteiger partial charge in [-0.2, -0.15) is 0 Å². The topological polar surface area (TPSA) is 55.8 Å². The van der Waals surface area contributed by atoms with Crippen LogP contribution in [0.5, 0.6) is 5.75 Å². The van der Waals surface area contributed by atoms with Gasteiger partial charge in [-0.15, -0.1) is 0 Å². The molecule has 1 saturated heterocycles. The van der Waals surface area contributed by atoms with Crippen molar-refractivity contribution in [2.24, 2.45) is 0 Å². The van der Waals surface area contributed by atoms with Crippen LogP contribution in [-0.4, -0.2) is 29.6 Å². The van der Waals surface area contributed by atoms with Gasteiger partial charge in [-0.3, -0.25) is 4.79 Å². The summed E-state index contributed by atoms with van der Waals surface area (Å²) in [6, 6.07) is 14.1. The minimum absolute atomic E-state index is 0.288. The average Bonchev–Trinajstić information content (AvgIpc) is 2.66. The summed E-state index contributed by atoms with van der Waals surface area (Å²) in [5.74, 6) is 0.411. The fraction of sp³-hybridized carbons (Fsp3) is 0.391. The second kappa shape index (κ2) is 7.71. The number of rotatable bonds is 4. The van der Waals surface area contributed by atoms with Crippen molar-refractivity contribution in [1.29, 1.82) is 0 Å². The van der Waals surface area contributed by atoms with E-state index in [0.29, 0.717) is 17.2 Å². The fourth-order valence-electron chi connectivity index (χ4n) is 3.92. The van der Waals surface area contributed by atoms with Crippen LogP contribution in [0.15, 0.2) is 48.5 Å². The lowest BCUT2D eigenvalue weighted by molar-refractivity contribution is -0.159. The van der Waals surface area contributed by atoms with Gasteiger partial charge in [0.1, 0.15) is 11.4 Å². The van der Waals surface area contributed by atoms with Gasteiger partial charge >= 0.3 is 6.09 Å². The first-order valence-corrected chi connectivity index (χ1v) is 9.99. The number of methoxy groups -OCH3 is 1. The number of imide groups is 1. The van der Waals surface area contributed by atoms with Crippen LogP contribution < -0.4 is 4.74 Å². The standard InChI is InChI=1S/C23H26ClNO4/c1-6-23(15-11-13-16(28-5)14-12-15)19(17-9-7-8-10-18(17)24)25(20(23)26)21(27)29-22(2,3)4/h7-14,19H,6H2,1-5H3/t19-,23+/m1/s1. The van der Waals surface area contributed by atoms with E-state index in [1.165, 1.54) is 4.90 Å². The lowest BCUT2D eigenvalue weighted by Crippen LogP contribution is -2.68. The van der Waals surface area contributed by atoms with E-state index >= 15 is 0 Å². The first-order chi connectivity index (χ1) is 13.7. The van der Waals surface area contributed by atoms with E-state index in [1.54, 1.807) is 33.9 Å². The van der Waals surface area contributed by atoms with E-state index in [-0.39, 0.29) is 5.91 Å². The predicted octanol–water partition coefficient (Wildman–Crippen LogP) is 5.52. The monoisotopic (exact) mass is 415 g/mol. The molecule has 1 fully saturated rings. The van der Waals surface area contributed by atoms with Crippen LogP contribution in [-0.2, 0) is 14.9 Å². The number of amides is 2. The number of likely N-dealkylation sites (tertiary alicyclic amines) is 1. The number of halogens is 1. The van der Waals surface area contributed by atoms with Crippen molar-refractivity contribution in [3.63, 3.8) is 0 Å². The van der Waals surface area contributed by atoms with Crippen molar-refractivity contribution in [3.8, 4) is 5.75 Å². The summed E-state index contributed by atoms with van der Waals surface area (Å²) in [7, 11) is 1.59. The molecule has 0 aliphatic carbocycles. The van der Waals surface area contributed by atoms with Crippen LogP contribution in [0.2, 0.25) is 5.02 Å². The average molecular weight is 416 g/mol. The largest absolute Gasteiger partial charge is 0.497 e. The van der Waals surface area contributed by atoms with Crippen LogP contribution in [0, 0.1) is 0 Å². The quantitative estimate of drug-likeness (QED) is 0.617. The van der Waals surface area contributed by atoms with Crippen LogP contribution in [0.25, 0.3) is 0 Å². The second-order valence-electron chi connectivity index (χ2n) is 8.13. The Morgan fingerprint density at radius 1 is 1.14 bits per heavy atom. The Morgan fingerprint density at radius 2 is 1.76 bits per heavy atom. The highest BCUT2D eigenvalue weighted by atomic mass is 35.5. The number of β-lactam (4-membered cyclic amide) rings is 1. The normalized spacial score (nSPS) is 21.5. The lowest BCUT2D eigenvalue weighted by Gasteiger charge is -2.55. The summed E-state index contributed by atoms with van der Waals surface area (Å²) < 4.78 is 10.8. The van der Waals surface area contributed by atoms with Crippen LogP contribution >= 0.6 is 11.6 Å². The highest BCUT2D eigenvalue weighted by Gasteiger charge is 2.64. The minimum Gasteiger partial charge on any atom is -0.497 e. The summed E-state index contributed by atoms with van der Waals surface area (Å²) in [4.78, 5) is 27.5. The lowest BCUT2D eigenvalue weighted by atomic mass is 9.62. The molecule has 1 aliphatic heterocycles. The molecule has 0 spiro atoms. The smallest absolute Gasteiger partial charge is 0.417 e. The number of nitrogens with zero attached hydrogens (tertiary/aromatic N) is 1. The summed E-state index contributed by atoms with van der Waals surface area (Å²) in [6.45, 7) is 7.26.